The van der Waals surface area contributed by atoms with E-state index in [0.29, 0.717) is 18.8 Å². The van der Waals surface area contributed by atoms with Crippen molar-refractivity contribution in [1.82, 2.24) is 9.80 Å². The molecular formula is C17H25FN2O3. The number of ether oxygens (including phenoxy) is 1. The minimum absolute atomic E-state index is 0.00325. The second kappa shape index (κ2) is 7.94. The highest BCUT2D eigenvalue weighted by atomic mass is 19.1. The summed E-state index contributed by atoms with van der Waals surface area (Å²) in [5.74, 6) is -0.401. The van der Waals surface area contributed by atoms with E-state index in [0.717, 1.165) is 0 Å². The Balaban J connectivity index is 2.73. The summed E-state index contributed by atoms with van der Waals surface area (Å²) in [6, 6.07) is 5.46. The Labute approximate surface area is 137 Å². The molecule has 0 bridgehead atoms. The van der Waals surface area contributed by atoms with Gasteiger partial charge in [-0.2, -0.15) is 0 Å². The largest absolute Gasteiger partial charge is 0.478 e. The van der Waals surface area contributed by atoms with Gasteiger partial charge in [-0.15, -0.1) is 0 Å². The number of nitrogens with zero attached hydrogens (tertiary/aromatic N) is 2. The zero-order valence-corrected chi connectivity index (χ0v) is 14.4. The van der Waals surface area contributed by atoms with Crippen LogP contribution in [-0.2, 0) is 9.59 Å². The molecular weight excluding hydrogens is 299 g/mol. The van der Waals surface area contributed by atoms with Crippen LogP contribution < -0.4 is 4.74 Å². The topological polar surface area (TPSA) is 49.9 Å². The average molecular weight is 324 g/mol. The molecule has 0 saturated carbocycles. The Hall–Kier alpha value is -2.11. The molecule has 0 saturated heterocycles. The van der Waals surface area contributed by atoms with Crippen molar-refractivity contribution in [3.8, 4) is 5.75 Å². The number of amides is 2. The first-order valence-electron chi connectivity index (χ1n) is 7.69. The van der Waals surface area contributed by atoms with Crippen LogP contribution in [0.5, 0.6) is 5.75 Å². The summed E-state index contributed by atoms with van der Waals surface area (Å²) in [6.45, 7) is 8.24. The first-order chi connectivity index (χ1) is 10.7. The van der Waals surface area contributed by atoms with Crippen LogP contribution in [0.2, 0.25) is 0 Å². The number of likely N-dealkylation sites (N-methyl/N-ethyl adjacent to an activating group) is 2. The maximum atomic E-state index is 12.9. The minimum Gasteiger partial charge on any atom is -0.478 e. The average Bonchev–Trinajstić information content (AvgIpc) is 2.49. The van der Waals surface area contributed by atoms with Gasteiger partial charge >= 0.3 is 0 Å². The van der Waals surface area contributed by atoms with Gasteiger partial charge in [0.1, 0.15) is 11.6 Å². The van der Waals surface area contributed by atoms with Crippen LogP contribution in [0.15, 0.2) is 24.3 Å². The third kappa shape index (κ3) is 5.23. The second-order valence-electron chi connectivity index (χ2n) is 5.79. The van der Waals surface area contributed by atoms with Crippen LogP contribution in [0.25, 0.3) is 0 Å². The predicted octanol–water partition coefficient (Wildman–Crippen LogP) is 2.31. The van der Waals surface area contributed by atoms with Crippen LogP contribution in [-0.4, -0.2) is 53.9 Å². The second-order valence-corrected chi connectivity index (χ2v) is 5.79. The van der Waals surface area contributed by atoms with Crippen LogP contribution in [0.3, 0.4) is 0 Å². The molecule has 0 N–H and O–H groups in total. The fraction of sp³-hybridized carbons (Fsp3) is 0.529. The van der Waals surface area contributed by atoms with E-state index in [1.165, 1.54) is 29.2 Å². The van der Waals surface area contributed by atoms with Crippen molar-refractivity contribution in [2.24, 2.45) is 0 Å². The number of carbonyl (C=O) groups excluding carboxylic acids is 2. The van der Waals surface area contributed by atoms with Crippen molar-refractivity contribution in [1.29, 1.82) is 0 Å². The Morgan fingerprint density at radius 3 is 2.13 bits per heavy atom. The number of hydrogen-bond acceptors (Lipinski definition) is 3. The van der Waals surface area contributed by atoms with Gasteiger partial charge in [-0.05, 0) is 52.0 Å². The molecule has 1 rings (SSSR count). The summed E-state index contributed by atoms with van der Waals surface area (Å²) >= 11 is 0. The van der Waals surface area contributed by atoms with Gasteiger partial charge in [-0.3, -0.25) is 9.59 Å². The number of carbonyl (C=O) groups is 2. The van der Waals surface area contributed by atoms with E-state index < -0.39 is 5.60 Å². The minimum atomic E-state index is -1.16. The van der Waals surface area contributed by atoms with Crippen LogP contribution in [0, 0.1) is 5.82 Å². The van der Waals surface area contributed by atoms with Gasteiger partial charge < -0.3 is 14.5 Å². The van der Waals surface area contributed by atoms with Crippen LogP contribution >= 0.6 is 0 Å². The monoisotopic (exact) mass is 324 g/mol. The van der Waals surface area contributed by atoms with Crippen molar-refractivity contribution >= 4 is 11.8 Å². The quantitative estimate of drug-likeness (QED) is 0.773. The number of benzene rings is 1. The summed E-state index contributed by atoms with van der Waals surface area (Å²) in [5, 5.41) is 0. The third-order valence-electron chi connectivity index (χ3n) is 3.54. The zero-order chi connectivity index (χ0) is 17.6. The molecule has 0 fully saturated rings. The van der Waals surface area contributed by atoms with Gasteiger partial charge in [0.05, 0.1) is 6.54 Å². The molecule has 0 aliphatic rings. The summed E-state index contributed by atoms with van der Waals surface area (Å²) in [7, 11) is 1.57. The van der Waals surface area contributed by atoms with E-state index in [2.05, 4.69) is 0 Å². The molecule has 0 unspecified atom stereocenters. The first kappa shape index (κ1) is 18.9. The Bertz CT molecular complexity index is 539. The van der Waals surface area contributed by atoms with Gasteiger partial charge in [0.25, 0.3) is 5.91 Å². The molecule has 0 aliphatic carbocycles. The van der Waals surface area contributed by atoms with Crippen molar-refractivity contribution in [2.75, 3.05) is 26.7 Å². The Morgan fingerprint density at radius 2 is 1.65 bits per heavy atom. The first-order valence-corrected chi connectivity index (χ1v) is 7.69. The molecule has 5 nitrogen and oxygen atoms in total. The molecule has 0 heterocycles. The van der Waals surface area contributed by atoms with Gasteiger partial charge in [-0.25, -0.2) is 4.39 Å². The number of halogens is 1. The molecule has 0 aliphatic heterocycles. The van der Waals surface area contributed by atoms with Gasteiger partial charge in [-0.1, -0.05) is 0 Å². The zero-order valence-electron chi connectivity index (χ0n) is 14.4. The summed E-state index contributed by atoms with van der Waals surface area (Å²) in [6.07, 6.45) is 0. The highest BCUT2D eigenvalue weighted by Gasteiger charge is 2.33. The van der Waals surface area contributed by atoms with Crippen LogP contribution in [0.1, 0.15) is 27.7 Å². The summed E-state index contributed by atoms with van der Waals surface area (Å²) in [4.78, 5) is 27.6. The standard InChI is InChI=1S/C17H25FN2O3/c1-6-20(7-2)15(21)12-19(5)16(22)17(3,4)23-14-10-8-13(18)9-11-14/h8-11H,6-7,12H2,1-5H3. The molecule has 6 heteroatoms. The SMILES string of the molecule is CCN(CC)C(=O)CN(C)C(=O)C(C)(C)Oc1ccc(F)cc1. The number of hydrogen-bond donors (Lipinski definition) is 0. The maximum absolute atomic E-state index is 12.9. The molecule has 1 aromatic carbocycles. The normalized spacial score (nSPS) is 11.0. The van der Waals surface area contributed by atoms with Crippen molar-refractivity contribution in [2.45, 2.75) is 33.3 Å². The summed E-state index contributed by atoms with van der Waals surface area (Å²) < 4.78 is 18.6. The highest BCUT2D eigenvalue weighted by Crippen LogP contribution is 2.20. The molecule has 0 radical (unpaired) electrons. The van der Waals surface area contributed by atoms with Gasteiger partial charge in [0.2, 0.25) is 5.91 Å². The molecule has 0 spiro atoms. The fourth-order valence-corrected chi connectivity index (χ4v) is 2.25. The molecule has 0 aromatic heterocycles. The van der Waals surface area contributed by atoms with Crippen molar-refractivity contribution in [3.05, 3.63) is 30.1 Å². The molecule has 1 aromatic rings. The Morgan fingerprint density at radius 1 is 1.13 bits per heavy atom. The maximum Gasteiger partial charge on any atom is 0.266 e. The molecule has 2 amide bonds. The van der Waals surface area contributed by atoms with E-state index in [1.807, 2.05) is 13.8 Å². The third-order valence-corrected chi connectivity index (χ3v) is 3.54. The lowest BCUT2D eigenvalue weighted by Gasteiger charge is -2.31. The van der Waals surface area contributed by atoms with E-state index in [4.69, 9.17) is 4.74 Å². The van der Waals surface area contributed by atoms with Gasteiger partial charge in [0, 0.05) is 20.1 Å². The lowest BCUT2D eigenvalue weighted by Crippen LogP contribution is -2.50. The van der Waals surface area contributed by atoms with E-state index in [-0.39, 0.29) is 24.2 Å². The smallest absolute Gasteiger partial charge is 0.266 e. The predicted molar refractivity (Wildman–Crippen MR) is 86.7 cm³/mol. The number of rotatable bonds is 7. The van der Waals surface area contributed by atoms with E-state index in [1.54, 1.807) is 25.8 Å². The van der Waals surface area contributed by atoms with Crippen LogP contribution in [0.4, 0.5) is 4.39 Å². The van der Waals surface area contributed by atoms with Crippen molar-refractivity contribution < 1.29 is 18.7 Å². The van der Waals surface area contributed by atoms with E-state index >= 15 is 0 Å². The highest BCUT2D eigenvalue weighted by molar-refractivity contribution is 5.89. The van der Waals surface area contributed by atoms with Gasteiger partial charge in [0.15, 0.2) is 5.60 Å². The molecule has 128 valence electrons. The lowest BCUT2D eigenvalue weighted by molar-refractivity contribution is -0.148. The molecule has 0 atom stereocenters. The molecule has 23 heavy (non-hydrogen) atoms. The van der Waals surface area contributed by atoms with Crippen molar-refractivity contribution in [3.63, 3.8) is 0 Å². The summed E-state index contributed by atoms with van der Waals surface area (Å²) in [5.41, 5.74) is -1.16. The lowest BCUT2D eigenvalue weighted by atomic mass is 10.1. The Kier molecular flexibility index (Phi) is 6.54. The van der Waals surface area contributed by atoms with E-state index in [9.17, 15) is 14.0 Å². The fourth-order valence-electron chi connectivity index (χ4n) is 2.25.